The Balaban J connectivity index is 1.90. The van der Waals surface area contributed by atoms with Gasteiger partial charge in [-0.1, -0.05) is 72.8 Å². The summed E-state index contributed by atoms with van der Waals surface area (Å²) < 4.78 is 15.7. The molecular weight excluding hydrogens is 476 g/mol. The molecule has 0 aliphatic rings. The third-order valence-corrected chi connectivity index (χ3v) is 5.63. The Kier molecular flexibility index (Phi) is 10.0. The van der Waals surface area contributed by atoms with E-state index in [9.17, 15) is 19.5 Å². The zero-order valence-corrected chi connectivity index (χ0v) is 20.7. The number of carbonyl (C=O) groups excluding carboxylic acids is 2. The van der Waals surface area contributed by atoms with Gasteiger partial charge in [0.05, 0.1) is 14.2 Å². The average Bonchev–Trinajstić information content (AvgIpc) is 2.93. The predicted molar refractivity (Wildman–Crippen MR) is 136 cm³/mol. The minimum atomic E-state index is -1.26. The van der Waals surface area contributed by atoms with Crippen molar-refractivity contribution in [1.82, 2.24) is 10.4 Å². The van der Waals surface area contributed by atoms with Crippen LogP contribution < -0.4 is 10.2 Å². The molecule has 9 heteroatoms. The first-order valence-corrected chi connectivity index (χ1v) is 11.6. The van der Waals surface area contributed by atoms with Crippen LogP contribution in [0.4, 0.5) is 4.79 Å². The smallest absolute Gasteiger partial charge is 0.425 e. The zero-order chi connectivity index (χ0) is 26.6. The number of hydrogen-bond donors (Lipinski definition) is 2. The number of amides is 1. The molecule has 0 saturated heterocycles. The summed E-state index contributed by atoms with van der Waals surface area (Å²) in [5, 5.41) is 10.9. The highest BCUT2D eigenvalue weighted by molar-refractivity contribution is 5.82. The minimum absolute atomic E-state index is 0.00816. The van der Waals surface area contributed by atoms with Crippen molar-refractivity contribution in [2.45, 2.75) is 31.5 Å². The molecule has 194 valence electrons. The van der Waals surface area contributed by atoms with Crippen LogP contribution in [0, 0.1) is 0 Å². The second kappa shape index (κ2) is 13.6. The Morgan fingerprint density at radius 1 is 0.838 bits per heavy atom. The van der Waals surface area contributed by atoms with E-state index in [0.717, 1.165) is 16.1 Å². The van der Waals surface area contributed by atoms with Crippen LogP contribution in [-0.2, 0) is 38.5 Å². The van der Waals surface area contributed by atoms with Crippen LogP contribution >= 0.6 is 0 Å². The zero-order valence-electron chi connectivity index (χ0n) is 20.7. The van der Waals surface area contributed by atoms with Gasteiger partial charge in [-0.05, 0) is 28.8 Å². The molecule has 2 N–H and O–H groups in total. The number of benzene rings is 3. The summed E-state index contributed by atoms with van der Waals surface area (Å²) in [6, 6.07) is 22.5. The summed E-state index contributed by atoms with van der Waals surface area (Å²) in [6.07, 6.45) is -0.826. The van der Waals surface area contributed by atoms with E-state index in [2.05, 4.69) is 5.43 Å². The molecule has 3 aromatic carbocycles. The Hall–Kier alpha value is -4.37. The Bertz CT molecular complexity index is 1170. The third kappa shape index (κ3) is 8.08. The first kappa shape index (κ1) is 27.2. The van der Waals surface area contributed by atoms with Crippen molar-refractivity contribution in [3.8, 4) is 5.75 Å². The van der Waals surface area contributed by atoms with Crippen molar-refractivity contribution in [2.75, 3.05) is 14.2 Å². The molecular formula is C28H30N2O7. The van der Waals surface area contributed by atoms with E-state index in [1.165, 1.54) is 14.2 Å². The van der Waals surface area contributed by atoms with E-state index in [-0.39, 0.29) is 19.4 Å². The van der Waals surface area contributed by atoms with Crippen LogP contribution in [0.25, 0.3) is 0 Å². The van der Waals surface area contributed by atoms with Crippen molar-refractivity contribution in [3.05, 3.63) is 102 Å². The van der Waals surface area contributed by atoms with Crippen molar-refractivity contribution < 1.29 is 33.7 Å². The summed E-state index contributed by atoms with van der Waals surface area (Å²) in [5.41, 5.74) is 4.88. The summed E-state index contributed by atoms with van der Waals surface area (Å²) >= 11 is 0. The van der Waals surface area contributed by atoms with Crippen LogP contribution in [0.15, 0.2) is 84.9 Å². The van der Waals surface area contributed by atoms with Crippen LogP contribution in [0.5, 0.6) is 5.75 Å². The van der Waals surface area contributed by atoms with Crippen molar-refractivity contribution >= 4 is 18.0 Å². The monoisotopic (exact) mass is 506 g/mol. The molecule has 0 aliphatic carbocycles. The van der Waals surface area contributed by atoms with Crippen molar-refractivity contribution in [1.29, 1.82) is 0 Å². The lowest BCUT2D eigenvalue weighted by Gasteiger charge is -2.32. The molecule has 9 nitrogen and oxygen atoms in total. The van der Waals surface area contributed by atoms with E-state index in [1.807, 2.05) is 12.1 Å². The fourth-order valence-corrected chi connectivity index (χ4v) is 3.70. The Labute approximate surface area is 215 Å². The number of carboxylic acid groups (broad SMARTS) is 1. The highest BCUT2D eigenvalue weighted by atomic mass is 16.6. The average molecular weight is 507 g/mol. The summed E-state index contributed by atoms with van der Waals surface area (Å²) in [7, 11) is 2.72. The number of carboxylic acids is 1. The van der Waals surface area contributed by atoms with Crippen LogP contribution in [-0.4, -0.2) is 54.5 Å². The summed E-state index contributed by atoms with van der Waals surface area (Å²) in [4.78, 5) is 38.4. The van der Waals surface area contributed by atoms with Crippen molar-refractivity contribution in [2.24, 2.45) is 0 Å². The number of ether oxygens (including phenoxy) is 3. The van der Waals surface area contributed by atoms with Gasteiger partial charge in [-0.15, -0.1) is 0 Å². The first-order valence-electron chi connectivity index (χ1n) is 11.6. The predicted octanol–water partition coefficient (Wildman–Crippen LogP) is 3.62. The molecule has 0 unspecified atom stereocenters. The maximum Gasteiger partial charge on any atom is 0.425 e. The number of aliphatic carboxylic acids is 1. The normalized spacial score (nSPS) is 12.2. The van der Waals surface area contributed by atoms with Gasteiger partial charge in [-0.2, -0.15) is 0 Å². The van der Waals surface area contributed by atoms with Gasteiger partial charge in [0.1, 0.15) is 18.4 Å². The summed E-state index contributed by atoms with van der Waals surface area (Å²) in [5.74, 6) is -1.37. The quantitative estimate of drug-likeness (QED) is 0.283. The number of nitrogens with zero attached hydrogens (tertiary/aromatic N) is 1. The SMILES string of the molecule is COC(=O)[C@H](Cc1ccccc1)N(N[C@@H](Cc1cccc(OC)c1)C(=O)O)C(=O)OCc1ccccc1. The largest absolute Gasteiger partial charge is 0.497 e. The fraction of sp³-hybridized carbons (Fsp3) is 0.250. The maximum absolute atomic E-state index is 13.3. The van der Waals surface area contributed by atoms with Crippen molar-refractivity contribution in [3.63, 3.8) is 0 Å². The second-order valence-corrected chi connectivity index (χ2v) is 8.21. The lowest BCUT2D eigenvalue weighted by molar-refractivity contribution is -0.150. The molecule has 0 saturated carbocycles. The van der Waals surface area contributed by atoms with Gasteiger partial charge in [0.15, 0.2) is 6.04 Å². The number of esters is 1. The van der Waals surface area contributed by atoms with Crippen LogP contribution in [0.2, 0.25) is 0 Å². The van der Waals surface area contributed by atoms with E-state index in [0.29, 0.717) is 11.3 Å². The standard InChI is InChI=1S/C28H30N2O7/c1-35-23-15-9-14-22(16-23)17-24(26(31)32)29-30(28(34)37-19-21-12-7-4-8-13-21)25(27(33)36-2)18-20-10-5-3-6-11-20/h3-16,24-25,29H,17-19H2,1-2H3,(H,31,32)/t24-,25-/m0/s1. The van der Waals surface area contributed by atoms with Gasteiger partial charge < -0.3 is 19.3 Å². The number of hydrogen-bond acceptors (Lipinski definition) is 7. The molecule has 0 fully saturated rings. The number of hydrazine groups is 1. The van der Waals surface area contributed by atoms with Crippen LogP contribution in [0.3, 0.4) is 0 Å². The molecule has 0 radical (unpaired) electrons. The molecule has 2 atom stereocenters. The first-order chi connectivity index (χ1) is 17.9. The summed E-state index contributed by atoms with van der Waals surface area (Å²) in [6.45, 7) is -0.0648. The number of rotatable bonds is 12. The molecule has 0 heterocycles. The fourth-order valence-electron chi connectivity index (χ4n) is 3.70. The molecule has 3 aromatic rings. The van der Waals surface area contributed by atoms with E-state index in [1.54, 1.807) is 72.8 Å². The van der Waals surface area contributed by atoms with E-state index in [4.69, 9.17) is 14.2 Å². The highest BCUT2D eigenvalue weighted by Crippen LogP contribution is 2.17. The molecule has 0 aliphatic heterocycles. The maximum atomic E-state index is 13.3. The molecule has 0 aromatic heterocycles. The number of methoxy groups -OCH3 is 2. The molecule has 0 spiro atoms. The lowest BCUT2D eigenvalue weighted by atomic mass is 10.0. The molecule has 37 heavy (non-hydrogen) atoms. The topological polar surface area (TPSA) is 114 Å². The van der Waals surface area contributed by atoms with E-state index < -0.39 is 30.1 Å². The van der Waals surface area contributed by atoms with Gasteiger partial charge >= 0.3 is 18.0 Å². The molecule has 3 rings (SSSR count). The third-order valence-electron chi connectivity index (χ3n) is 5.63. The van der Waals surface area contributed by atoms with Gasteiger partial charge in [-0.25, -0.2) is 20.0 Å². The molecule has 0 bridgehead atoms. The Morgan fingerprint density at radius 2 is 1.46 bits per heavy atom. The molecule has 1 amide bonds. The van der Waals surface area contributed by atoms with Gasteiger partial charge in [0.2, 0.25) is 0 Å². The lowest BCUT2D eigenvalue weighted by Crippen LogP contribution is -2.59. The highest BCUT2D eigenvalue weighted by Gasteiger charge is 2.35. The number of carbonyl (C=O) groups is 3. The van der Waals surface area contributed by atoms with Gasteiger partial charge in [0, 0.05) is 12.8 Å². The van der Waals surface area contributed by atoms with E-state index >= 15 is 0 Å². The van der Waals surface area contributed by atoms with Gasteiger partial charge in [-0.3, -0.25) is 4.79 Å². The second-order valence-electron chi connectivity index (χ2n) is 8.21. The number of nitrogens with one attached hydrogen (secondary N) is 1. The van der Waals surface area contributed by atoms with Gasteiger partial charge in [0.25, 0.3) is 0 Å². The minimum Gasteiger partial charge on any atom is -0.497 e. The van der Waals surface area contributed by atoms with Crippen LogP contribution in [0.1, 0.15) is 16.7 Å². The Morgan fingerprint density at radius 3 is 2.05 bits per heavy atom.